The van der Waals surface area contributed by atoms with Crippen molar-refractivity contribution in [2.45, 2.75) is 83.4 Å². The van der Waals surface area contributed by atoms with Crippen molar-refractivity contribution in [3.05, 3.63) is 0 Å². The van der Waals surface area contributed by atoms with Crippen molar-refractivity contribution in [1.82, 2.24) is 0 Å². The second-order valence-corrected chi connectivity index (χ2v) is 11.8. The van der Waals surface area contributed by atoms with Gasteiger partial charge in [0.05, 0.1) is 12.7 Å². The lowest BCUT2D eigenvalue weighted by Crippen LogP contribution is -2.51. The van der Waals surface area contributed by atoms with Crippen LogP contribution in [0.5, 0.6) is 0 Å². The summed E-state index contributed by atoms with van der Waals surface area (Å²) in [6.45, 7) is 14.4. The highest BCUT2D eigenvalue weighted by molar-refractivity contribution is 6.77. The first-order chi connectivity index (χ1) is 8.30. The van der Waals surface area contributed by atoms with Crippen molar-refractivity contribution in [1.29, 1.82) is 0 Å². The van der Waals surface area contributed by atoms with E-state index in [0.717, 1.165) is 6.42 Å². The van der Waals surface area contributed by atoms with Crippen LogP contribution in [0.15, 0.2) is 0 Å². The van der Waals surface area contributed by atoms with Crippen LogP contribution in [0, 0.1) is 0 Å². The summed E-state index contributed by atoms with van der Waals surface area (Å²) in [5, 5.41) is 9.61. The molecule has 18 heavy (non-hydrogen) atoms. The van der Waals surface area contributed by atoms with Crippen LogP contribution in [0.3, 0.4) is 0 Å². The van der Waals surface area contributed by atoms with Crippen molar-refractivity contribution in [2.75, 3.05) is 6.61 Å². The molecule has 0 aromatic heterocycles. The fraction of sp³-hybridized carbons (Fsp3) is 1.00. The highest BCUT2D eigenvalue weighted by atomic mass is 28.4. The van der Waals surface area contributed by atoms with E-state index in [1.165, 1.54) is 0 Å². The maximum atomic E-state index is 9.61. The Morgan fingerprint density at radius 3 is 1.94 bits per heavy atom. The smallest absolute Gasteiger partial charge is 0.200 e. The second-order valence-electron chi connectivity index (χ2n) is 6.41. The summed E-state index contributed by atoms with van der Waals surface area (Å²) >= 11 is 0. The molecule has 1 rings (SSSR count). The minimum atomic E-state index is -1.81. The van der Waals surface area contributed by atoms with Gasteiger partial charge in [0.15, 0.2) is 6.29 Å². The molecule has 1 aliphatic heterocycles. The minimum absolute atomic E-state index is 0.174. The van der Waals surface area contributed by atoms with Gasteiger partial charge in [-0.15, -0.1) is 0 Å². The predicted octanol–water partition coefficient (Wildman–Crippen LogP) is 3.68. The standard InChI is InChI=1S/C14H30O3Si/c1-10(2)18(11(3)4,12(5)6)17-13-7-8-16-14(15)9-13/h10-15H,7-9H2,1-6H3/t13-,14+/m1/s1. The summed E-state index contributed by atoms with van der Waals surface area (Å²) < 4.78 is 11.8. The third-order valence-corrected chi connectivity index (χ3v) is 10.4. The molecule has 1 fully saturated rings. The van der Waals surface area contributed by atoms with Crippen LogP contribution >= 0.6 is 0 Å². The van der Waals surface area contributed by atoms with Crippen LogP contribution in [0.25, 0.3) is 0 Å². The van der Waals surface area contributed by atoms with E-state index in [-0.39, 0.29) is 6.10 Å². The molecule has 1 aliphatic rings. The van der Waals surface area contributed by atoms with Gasteiger partial charge in [0.2, 0.25) is 8.32 Å². The number of aliphatic hydroxyl groups is 1. The van der Waals surface area contributed by atoms with E-state index in [1.807, 2.05) is 0 Å². The quantitative estimate of drug-likeness (QED) is 0.777. The zero-order valence-electron chi connectivity index (χ0n) is 12.8. The van der Waals surface area contributed by atoms with Gasteiger partial charge < -0.3 is 14.3 Å². The molecule has 2 atom stereocenters. The van der Waals surface area contributed by atoms with Crippen LogP contribution < -0.4 is 0 Å². The molecule has 0 bridgehead atoms. The summed E-state index contributed by atoms with van der Waals surface area (Å²) in [6.07, 6.45) is 1.08. The lowest BCUT2D eigenvalue weighted by molar-refractivity contribution is -0.150. The van der Waals surface area contributed by atoms with Gasteiger partial charge in [-0.3, -0.25) is 0 Å². The predicted molar refractivity (Wildman–Crippen MR) is 77.1 cm³/mol. The second kappa shape index (κ2) is 6.50. The van der Waals surface area contributed by atoms with E-state index >= 15 is 0 Å². The SMILES string of the molecule is CC(C)[Si](O[C@@H]1CCO[C@H](O)C1)(C(C)C)C(C)C. The lowest BCUT2D eigenvalue weighted by Gasteiger charge is -2.45. The maximum Gasteiger partial charge on any atom is 0.200 e. The number of hydrogen-bond acceptors (Lipinski definition) is 3. The molecule has 1 heterocycles. The largest absolute Gasteiger partial charge is 0.413 e. The molecule has 0 aliphatic carbocycles. The van der Waals surface area contributed by atoms with Crippen molar-refractivity contribution in [2.24, 2.45) is 0 Å². The van der Waals surface area contributed by atoms with Gasteiger partial charge in [0.1, 0.15) is 0 Å². The number of aliphatic hydroxyl groups excluding tert-OH is 1. The molecule has 1 N–H and O–H groups in total. The third-order valence-electron chi connectivity index (χ3n) is 4.29. The van der Waals surface area contributed by atoms with E-state index in [1.54, 1.807) is 0 Å². The Kier molecular flexibility index (Phi) is 5.84. The van der Waals surface area contributed by atoms with Crippen molar-refractivity contribution in [3.8, 4) is 0 Å². The molecule has 108 valence electrons. The van der Waals surface area contributed by atoms with Gasteiger partial charge in [0, 0.05) is 6.42 Å². The van der Waals surface area contributed by atoms with Crippen molar-refractivity contribution >= 4 is 8.32 Å². The Morgan fingerprint density at radius 2 is 1.56 bits per heavy atom. The zero-order chi connectivity index (χ0) is 13.9. The van der Waals surface area contributed by atoms with Crippen LogP contribution in [0.4, 0.5) is 0 Å². The summed E-state index contributed by atoms with van der Waals surface area (Å²) in [5.41, 5.74) is 1.78. The molecule has 0 spiro atoms. The Balaban J connectivity index is 2.83. The zero-order valence-corrected chi connectivity index (χ0v) is 13.8. The molecule has 3 nitrogen and oxygen atoms in total. The Labute approximate surface area is 113 Å². The van der Waals surface area contributed by atoms with Crippen molar-refractivity contribution < 1.29 is 14.3 Å². The first-order valence-corrected chi connectivity index (χ1v) is 9.42. The highest BCUT2D eigenvalue weighted by Gasteiger charge is 2.47. The molecule has 0 aromatic rings. The fourth-order valence-corrected chi connectivity index (χ4v) is 9.16. The number of rotatable bonds is 5. The summed E-state index contributed by atoms with van der Waals surface area (Å²) in [5.74, 6) is 0. The monoisotopic (exact) mass is 274 g/mol. The molecule has 0 radical (unpaired) electrons. The summed E-state index contributed by atoms with van der Waals surface area (Å²) in [6, 6.07) is 0. The lowest BCUT2D eigenvalue weighted by atomic mass is 10.1. The average molecular weight is 274 g/mol. The molecular weight excluding hydrogens is 244 g/mol. The van der Waals surface area contributed by atoms with Crippen LogP contribution in [0.1, 0.15) is 54.4 Å². The Hall–Kier alpha value is 0.0969. The molecule has 0 saturated carbocycles. The van der Waals surface area contributed by atoms with Gasteiger partial charge in [-0.2, -0.15) is 0 Å². The Bertz CT molecular complexity index is 232. The van der Waals surface area contributed by atoms with Crippen LogP contribution in [-0.2, 0) is 9.16 Å². The maximum absolute atomic E-state index is 9.61. The first-order valence-electron chi connectivity index (χ1n) is 7.28. The van der Waals surface area contributed by atoms with Crippen LogP contribution in [0.2, 0.25) is 16.6 Å². The number of ether oxygens (including phenoxy) is 1. The molecular formula is C14H30O3Si. The molecule has 1 saturated heterocycles. The summed E-state index contributed by atoms with van der Waals surface area (Å²) in [4.78, 5) is 0. The van der Waals surface area contributed by atoms with Crippen LogP contribution in [-0.4, -0.2) is 32.4 Å². The Morgan fingerprint density at radius 1 is 1.06 bits per heavy atom. The first kappa shape index (κ1) is 16.2. The topological polar surface area (TPSA) is 38.7 Å². The van der Waals surface area contributed by atoms with E-state index in [2.05, 4.69) is 41.5 Å². The van der Waals surface area contributed by atoms with Gasteiger partial charge in [-0.25, -0.2) is 0 Å². The average Bonchev–Trinajstić information content (AvgIpc) is 2.24. The van der Waals surface area contributed by atoms with E-state index in [4.69, 9.17) is 9.16 Å². The van der Waals surface area contributed by atoms with Gasteiger partial charge >= 0.3 is 0 Å². The summed E-state index contributed by atoms with van der Waals surface area (Å²) in [7, 11) is -1.81. The van der Waals surface area contributed by atoms with E-state index < -0.39 is 14.6 Å². The number of hydrogen-bond donors (Lipinski definition) is 1. The normalized spacial score (nSPS) is 26.3. The fourth-order valence-electron chi connectivity index (χ4n) is 3.55. The van der Waals surface area contributed by atoms with Crippen molar-refractivity contribution in [3.63, 3.8) is 0 Å². The molecule has 0 unspecified atom stereocenters. The van der Waals surface area contributed by atoms with Gasteiger partial charge in [0.25, 0.3) is 0 Å². The third kappa shape index (κ3) is 3.35. The molecule has 0 amide bonds. The molecule has 0 aromatic carbocycles. The molecule has 4 heteroatoms. The van der Waals surface area contributed by atoms with E-state index in [0.29, 0.717) is 29.7 Å². The minimum Gasteiger partial charge on any atom is -0.413 e. The highest BCUT2D eigenvalue weighted by Crippen LogP contribution is 2.43. The van der Waals surface area contributed by atoms with E-state index in [9.17, 15) is 5.11 Å². The van der Waals surface area contributed by atoms with Gasteiger partial charge in [-0.05, 0) is 23.0 Å². The van der Waals surface area contributed by atoms with Gasteiger partial charge in [-0.1, -0.05) is 41.5 Å².